The number of benzene rings is 2. The molecule has 0 saturated carbocycles. The number of amides is 1. The van der Waals surface area contributed by atoms with Gasteiger partial charge >= 0.3 is 0 Å². The highest BCUT2D eigenvalue weighted by Gasteiger charge is 2.28. The highest BCUT2D eigenvalue weighted by atomic mass is 16.6. The molecule has 3 aromatic rings. The zero-order valence-electron chi connectivity index (χ0n) is 11.6. The number of para-hydroxylation sites is 1. The average molecular weight is 307 g/mol. The van der Waals surface area contributed by atoms with Gasteiger partial charge < -0.3 is 5.32 Å². The van der Waals surface area contributed by atoms with Gasteiger partial charge in [-0.2, -0.15) is 9.89 Å². The topological polar surface area (TPSA) is 102 Å². The van der Waals surface area contributed by atoms with E-state index in [4.69, 9.17) is 0 Å². The maximum Gasteiger partial charge on any atom is 0.276 e. The van der Waals surface area contributed by atoms with Gasteiger partial charge in [-0.3, -0.25) is 14.9 Å². The van der Waals surface area contributed by atoms with Crippen LogP contribution in [-0.4, -0.2) is 26.4 Å². The number of hydrogen-bond acceptors (Lipinski definition) is 5. The number of carbonyl (C=O) groups excluding carboxylic acids is 1. The van der Waals surface area contributed by atoms with Gasteiger partial charge in [0.15, 0.2) is 5.71 Å². The number of fused-ring (bicyclic) bond motifs is 2. The molecular formula is C15H9N5O3. The predicted octanol–water partition coefficient (Wildman–Crippen LogP) is 2.15. The first-order valence-corrected chi connectivity index (χ1v) is 6.75. The van der Waals surface area contributed by atoms with Crippen LogP contribution in [0.15, 0.2) is 53.8 Å². The molecule has 1 aromatic heterocycles. The molecular weight excluding hydrogens is 298 g/mol. The molecule has 1 aliphatic rings. The molecule has 0 atom stereocenters. The van der Waals surface area contributed by atoms with Crippen LogP contribution < -0.4 is 5.32 Å². The fourth-order valence-corrected chi connectivity index (χ4v) is 2.49. The molecule has 0 saturated heterocycles. The molecule has 0 spiro atoms. The molecule has 4 rings (SSSR count). The third-order valence-corrected chi connectivity index (χ3v) is 3.59. The van der Waals surface area contributed by atoms with E-state index in [0.29, 0.717) is 11.3 Å². The lowest BCUT2D eigenvalue weighted by atomic mass is 10.1. The number of nitrogens with zero attached hydrogens (tertiary/aromatic N) is 4. The van der Waals surface area contributed by atoms with E-state index < -0.39 is 10.8 Å². The van der Waals surface area contributed by atoms with Gasteiger partial charge in [-0.1, -0.05) is 18.2 Å². The molecule has 8 heteroatoms. The van der Waals surface area contributed by atoms with Crippen molar-refractivity contribution in [3.63, 3.8) is 0 Å². The summed E-state index contributed by atoms with van der Waals surface area (Å²) in [6, 6.07) is 11.6. The normalized spacial score (nSPS) is 15.0. The zero-order valence-corrected chi connectivity index (χ0v) is 11.6. The number of carbonyl (C=O) groups is 1. The molecule has 1 aliphatic heterocycles. The average Bonchev–Trinajstić information content (AvgIpc) is 3.09. The van der Waals surface area contributed by atoms with Crippen LogP contribution in [0.2, 0.25) is 0 Å². The van der Waals surface area contributed by atoms with Crippen LogP contribution >= 0.6 is 0 Å². The number of nitro groups is 1. The van der Waals surface area contributed by atoms with Crippen molar-refractivity contribution in [1.29, 1.82) is 0 Å². The Kier molecular flexibility index (Phi) is 2.70. The molecule has 0 unspecified atom stereocenters. The number of nitro benzene ring substituents is 1. The highest BCUT2D eigenvalue weighted by molar-refractivity contribution is 6.53. The lowest BCUT2D eigenvalue weighted by Crippen LogP contribution is -2.16. The third kappa shape index (κ3) is 2.04. The Morgan fingerprint density at radius 1 is 1.22 bits per heavy atom. The minimum Gasteiger partial charge on any atom is -0.320 e. The monoisotopic (exact) mass is 307 g/mol. The second-order valence-electron chi connectivity index (χ2n) is 4.98. The third-order valence-electron chi connectivity index (χ3n) is 3.59. The van der Waals surface area contributed by atoms with E-state index in [9.17, 15) is 14.9 Å². The second kappa shape index (κ2) is 4.73. The van der Waals surface area contributed by atoms with Crippen LogP contribution in [0, 0.1) is 10.1 Å². The van der Waals surface area contributed by atoms with E-state index in [0.717, 1.165) is 10.9 Å². The van der Waals surface area contributed by atoms with Crippen LogP contribution in [-0.2, 0) is 4.79 Å². The van der Waals surface area contributed by atoms with Crippen LogP contribution in [0.1, 0.15) is 5.56 Å². The lowest BCUT2D eigenvalue weighted by Gasteiger charge is -1.99. The maximum atomic E-state index is 12.1. The Balaban J connectivity index is 1.88. The van der Waals surface area contributed by atoms with Crippen molar-refractivity contribution in [3.05, 3.63) is 64.3 Å². The Morgan fingerprint density at radius 3 is 2.87 bits per heavy atom. The molecule has 2 heterocycles. The first kappa shape index (κ1) is 13.1. The number of aromatic nitrogens is 2. The first-order valence-electron chi connectivity index (χ1n) is 6.75. The molecule has 23 heavy (non-hydrogen) atoms. The summed E-state index contributed by atoms with van der Waals surface area (Å²) in [5.41, 5.74) is 1.63. The molecule has 0 fully saturated rings. The molecule has 8 nitrogen and oxygen atoms in total. The molecule has 1 N–H and O–H groups in total. The van der Waals surface area contributed by atoms with Gasteiger partial charge in [-0.15, -0.1) is 5.10 Å². The van der Waals surface area contributed by atoms with E-state index in [1.165, 1.54) is 23.0 Å². The fraction of sp³-hybridized carbons (Fsp3) is 0. The van der Waals surface area contributed by atoms with Gasteiger partial charge in [0.2, 0.25) is 0 Å². The summed E-state index contributed by atoms with van der Waals surface area (Å²) in [5.74, 6) is -0.417. The van der Waals surface area contributed by atoms with Crippen molar-refractivity contribution in [2.45, 2.75) is 0 Å². The Bertz CT molecular complexity index is 1010. The molecule has 112 valence electrons. The fourth-order valence-electron chi connectivity index (χ4n) is 2.49. The van der Waals surface area contributed by atoms with Gasteiger partial charge in [0.05, 0.1) is 22.3 Å². The van der Waals surface area contributed by atoms with Crippen LogP contribution in [0.5, 0.6) is 0 Å². The summed E-state index contributed by atoms with van der Waals surface area (Å²) in [5, 5.41) is 22.8. The maximum absolute atomic E-state index is 12.1. The van der Waals surface area contributed by atoms with Crippen molar-refractivity contribution in [3.8, 4) is 0 Å². The summed E-state index contributed by atoms with van der Waals surface area (Å²) >= 11 is 0. The van der Waals surface area contributed by atoms with E-state index in [1.54, 1.807) is 6.20 Å². The van der Waals surface area contributed by atoms with Crippen molar-refractivity contribution >= 4 is 33.9 Å². The van der Waals surface area contributed by atoms with E-state index in [1.807, 2.05) is 24.3 Å². The number of non-ortho nitro benzene ring substituents is 1. The van der Waals surface area contributed by atoms with Crippen LogP contribution in [0.3, 0.4) is 0 Å². The first-order chi connectivity index (χ1) is 11.1. The summed E-state index contributed by atoms with van der Waals surface area (Å²) in [4.78, 5) is 23.9. The second-order valence-corrected chi connectivity index (χ2v) is 4.98. The predicted molar refractivity (Wildman–Crippen MR) is 83.4 cm³/mol. The minimum atomic E-state index is -0.510. The minimum absolute atomic E-state index is 0.0950. The van der Waals surface area contributed by atoms with Crippen LogP contribution in [0.25, 0.3) is 10.9 Å². The molecule has 1 amide bonds. The number of hydrogen-bond donors (Lipinski definition) is 1. The van der Waals surface area contributed by atoms with Crippen molar-refractivity contribution in [1.82, 2.24) is 9.89 Å². The molecule has 0 radical (unpaired) electrons. The standard InChI is InChI=1S/C15H9N5O3/c21-15-14(11-7-10(20(22)23)5-6-12(11)17-15)18-19-13-4-2-1-3-9(13)8-16-19/h1-8H,(H,17,18,21). The summed E-state index contributed by atoms with van der Waals surface area (Å²) < 4.78 is 0. The molecule has 2 aromatic carbocycles. The Hall–Kier alpha value is -3.55. The van der Waals surface area contributed by atoms with E-state index >= 15 is 0 Å². The summed E-state index contributed by atoms with van der Waals surface area (Å²) in [7, 11) is 0. The zero-order chi connectivity index (χ0) is 16.0. The van der Waals surface area contributed by atoms with E-state index in [2.05, 4.69) is 15.5 Å². The van der Waals surface area contributed by atoms with Gasteiger partial charge in [-0.05, 0) is 12.1 Å². The van der Waals surface area contributed by atoms with Gasteiger partial charge in [0.25, 0.3) is 11.6 Å². The van der Waals surface area contributed by atoms with Gasteiger partial charge in [-0.25, -0.2) is 0 Å². The quantitative estimate of drug-likeness (QED) is 0.578. The van der Waals surface area contributed by atoms with Gasteiger partial charge in [0.1, 0.15) is 0 Å². The van der Waals surface area contributed by atoms with Gasteiger partial charge in [0, 0.05) is 23.1 Å². The Morgan fingerprint density at radius 2 is 2.04 bits per heavy atom. The number of anilines is 1. The summed E-state index contributed by atoms with van der Waals surface area (Å²) in [6.45, 7) is 0. The lowest BCUT2D eigenvalue weighted by molar-refractivity contribution is -0.384. The SMILES string of the molecule is O=C1Nc2ccc([N+](=O)[O-])cc2/C1=N/n1ncc2ccccc21. The largest absolute Gasteiger partial charge is 0.320 e. The number of rotatable bonds is 2. The van der Waals surface area contributed by atoms with Crippen molar-refractivity contribution < 1.29 is 9.72 Å². The van der Waals surface area contributed by atoms with Crippen LogP contribution in [0.4, 0.5) is 11.4 Å². The smallest absolute Gasteiger partial charge is 0.276 e. The molecule has 0 bridgehead atoms. The van der Waals surface area contributed by atoms with Crippen molar-refractivity contribution in [2.75, 3.05) is 5.32 Å². The van der Waals surface area contributed by atoms with E-state index in [-0.39, 0.29) is 11.4 Å². The number of nitrogens with one attached hydrogen (secondary N) is 1. The molecule has 0 aliphatic carbocycles. The Labute approximate surface area is 129 Å². The van der Waals surface area contributed by atoms with Crippen molar-refractivity contribution in [2.24, 2.45) is 5.10 Å². The summed E-state index contributed by atoms with van der Waals surface area (Å²) in [6.07, 6.45) is 1.64. The highest BCUT2D eigenvalue weighted by Crippen LogP contribution is 2.28.